The normalized spacial score (nSPS) is 12.1. The molecule has 0 aliphatic heterocycles. The smallest absolute Gasteiger partial charge is 0.274 e. The monoisotopic (exact) mass is 248 g/mol. The molecule has 2 aromatic heterocycles. The van der Waals surface area contributed by atoms with Gasteiger partial charge in [-0.3, -0.25) is 4.79 Å². The van der Waals surface area contributed by atoms with Gasteiger partial charge in [0, 0.05) is 11.1 Å². The second kappa shape index (κ2) is 4.97. The van der Waals surface area contributed by atoms with Gasteiger partial charge in [-0.2, -0.15) is 0 Å². The van der Waals surface area contributed by atoms with Gasteiger partial charge in [0.25, 0.3) is 5.91 Å². The number of carbonyl (C=O) groups is 1. The van der Waals surface area contributed by atoms with Crippen LogP contribution in [0.15, 0.2) is 35.8 Å². The molecular weight excluding hydrogens is 236 g/mol. The van der Waals surface area contributed by atoms with Crippen molar-refractivity contribution in [1.82, 2.24) is 10.3 Å². The summed E-state index contributed by atoms with van der Waals surface area (Å²) in [5, 5.41) is 14.2. The van der Waals surface area contributed by atoms with E-state index in [1.165, 1.54) is 12.3 Å². The van der Waals surface area contributed by atoms with Crippen molar-refractivity contribution in [3.8, 4) is 5.75 Å². The zero-order valence-corrected chi connectivity index (χ0v) is 10.1. The molecule has 17 heavy (non-hydrogen) atoms. The van der Waals surface area contributed by atoms with Crippen molar-refractivity contribution in [2.75, 3.05) is 0 Å². The average Bonchev–Trinajstić information content (AvgIpc) is 2.82. The molecule has 0 aromatic carbocycles. The number of amides is 1. The van der Waals surface area contributed by atoms with Crippen LogP contribution in [0.2, 0.25) is 0 Å². The maximum absolute atomic E-state index is 11.8. The lowest BCUT2D eigenvalue weighted by Crippen LogP contribution is -2.26. The highest BCUT2D eigenvalue weighted by Crippen LogP contribution is 2.19. The minimum atomic E-state index is -0.371. The quantitative estimate of drug-likeness (QED) is 0.876. The summed E-state index contributed by atoms with van der Waals surface area (Å²) in [4.78, 5) is 16.8. The Hall–Kier alpha value is -1.88. The van der Waals surface area contributed by atoms with Gasteiger partial charge in [0.2, 0.25) is 0 Å². The van der Waals surface area contributed by atoms with E-state index >= 15 is 0 Å². The summed E-state index contributed by atoms with van der Waals surface area (Å²) in [6.45, 7) is 1.89. The standard InChI is InChI=1S/C12H12N2O2S/c1-8(10-5-3-7-17-10)14-12(16)11-9(15)4-2-6-13-11/h2-8,15H,1H3,(H,14,16)/t8-/m0/s1. The van der Waals surface area contributed by atoms with E-state index in [0.29, 0.717) is 0 Å². The van der Waals surface area contributed by atoms with E-state index in [9.17, 15) is 9.90 Å². The fourth-order valence-corrected chi connectivity index (χ4v) is 2.18. The lowest BCUT2D eigenvalue weighted by Gasteiger charge is -2.12. The van der Waals surface area contributed by atoms with E-state index in [1.54, 1.807) is 17.4 Å². The van der Waals surface area contributed by atoms with Crippen LogP contribution >= 0.6 is 11.3 Å². The minimum absolute atomic E-state index is 0.0518. The summed E-state index contributed by atoms with van der Waals surface area (Å²) in [5.74, 6) is -0.479. The van der Waals surface area contributed by atoms with Crippen molar-refractivity contribution >= 4 is 17.2 Å². The molecule has 0 saturated carbocycles. The van der Waals surface area contributed by atoms with Crippen molar-refractivity contribution in [3.63, 3.8) is 0 Å². The first kappa shape index (κ1) is 11.6. The Labute approximate surface area is 103 Å². The largest absolute Gasteiger partial charge is 0.505 e. The average molecular weight is 248 g/mol. The van der Waals surface area contributed by atoms with Crippen molar-refractivity contribution in [2.45, 2.75) is 13.0 Å². The van der Waals surface area contributed by atoms with Gasteiger partial charge in [0.05, 0.1) is 6.04 Å². The molecule has 5 heteroatoms. The molecule has 2 aromatic rings. The molecule has 0 aliphatic carbocycles. The van der Waals surface area contributed by atoms with Crippen LogP contribution in [0, 0.1) is 0 Å². The number of nitrogens with one attached hydrogen (secondary N) is 1. The molecule has 2 rings (SSSR count). The van der Waals surface area contributed by atoms with Gasteiger partial charge >= 0.3 is 0 Å². The predicted molar refractivity (Wildman–Crippen MR) is 66.1 cm³/mol. The molecule has 1 atom stereocenters. The zero-order valence-electron chi connectivity index (χ0n) is 9.25. The Bertz CT molecular complexity index is 511. The van der Waals surface area contributed by atoms with Gasteiger partial charge in [-0.15, -0.1) is 11.3 Å². The number of hydrogen-bond acceptors (Lipinski definition) is 4. The molecular formula is C12H12N2O2S. The summed E-state index contributed by atoms with van der Waals surface area (Å²) in [7, 11) is 0. The molecule has 2 N–H and O–H groups in total. The third-order valence-electron chi connectivity index (χ3n) is 2.32. The molecule has 1 amide bonds. The molecule has 0 aliphatic rings. The van der Waals surface area contributed by atoms with Crippen LogP contribution in [0.3, 0.4) is 0 Å². The van der Waals surface area contributed by atoms with Crippen LogP contribution in [0.4, 0.5) is 0 Å². The molecule has 4 nitrogen and oxygen atoms in total. The summed E-state index contributed by atoms with van der Waals surface area (Å²) in [6.07, 6.45) is 1.48. The third-order valence-corrected chi connectivity index (χ3v) is 3.37. The molecule has 0 unspecified atom stereocenters. The molecule has 0 radical (unpaired) electrons. The second-order valence-corrected chi connectivity index (χ2v) is 4.56. The molecule has 0 spiro atoms. The fraction of sp³-hybridized carbons (Fsp3) is 0.167. The third kappa shape index (κ3) is 2.62. The van der Waals surface area contributed by atoms with Crippen LogP contribution in [0.1, 0.15) is 28.3 Å². The first-order chi connectivity index (χ1) is 8.18. The molecule has 0 fully saturated rings. The number of nitrogens with zero attached hydrogens (tertiary/aromatic N) is 1. The van der Waals surface area contributed by atoms with Gasteiger partial charge in [0.15, 0.2) is 5.69 Å². The maximum Gasteiger partial charge on any atom is 0.274 e. The SMILES string of the molecule is C[C@H](NC(=O)c1ncccc1O)c1cccs1. The molecule has 88 valence electrons. The number of carbonyl (C=O) groups excluding carboxylic acids is 1. The predicted octanol–water partition coefficient (Wildman–Crippen LogP) is 2.34. The minimum Gasteiger partial charge on any atom is -0.505 e. The number of hydrogen-bond donors (Lipinski definition) is 2. The van der Waals surface area contributed by atoms with E-state index in [4.69, 9.17) is 0 Å². The Morgan fingerprint density at radius 2 is 2.29 bits per heavy atom. The maximum atomic E-state index is 11.8. The summed E-state index contributed by atoms with van der Waals surface area (Å²) in [6, 6.07) is 6.81. The Balaban J connectivity index is 2.10. The van der Waals surface area contributed by atoms with E-state index in [1.807, 2.05) is 24.4 Å². The van der Waals surface area contributed by atoms with E-state index < -0.39 is 0 Å². The Morgan fingerprint density at radius 3 is 2.94 bits per heavy atom. The number of thiophene rings is 1. The Morgan fingerprint density at radius 1 is 1.47 bits per heavy atom. The highest BCUT2D eigenvalue weighted by Gasteiger charge is 2.15. The topological polar surface area (TPSA) is 62.2 Å². The second-order valence-electron chi connectivity index (χ2n) is 3.58. The first-order valence-electron chi connectivity index (χ1n) is 5.16. The molecule has 2 heterocycles. The van der Waals surface area contributed by atoms with Crippen molar-refractivity contribution in [2.24, 2.45) is 0 Å². The molecule has 0 saturated heterocycles. The van der Waals surface area contributed by atoms with Gasteiger partial charge < -0.3 is 10.4 Å². The van der Waals surface area contributed by atoms with Gasteiger partial charge in [0.1, 0.15) is 5.75 Å². The van der Waals surface area contributed by atoms with Gasteiger partial charge in [-0.25, -0.2) is 4.98 Å². The van der Waals surface area contributed by atoms with Crippen LogP contribution in [0.25, 0.3) is 0 Å². The number of aromatic hydroxyl groups is 1. The first-order valence-corrected chi connectivity index (χ1v) is 6.04. The Kier molecular flexibility index (Phi) is 3.39. The van der Waals surface area contributed by atoms with Crippen LogP contribution < -0.4 is 5.32 Å². The van der Waals surface area contributed by atoms with Crippen LogP contribution in [0.5, 0.6) is 5.75 Å². The lowest BCUT2D eigenvalue weighted by atomic mass is 10.2. The van der Waals surface area contributed by atoms with Gasteiger partial charge in [-0.1, -0.05) is 6.07 Å². The van der Waals surface area contributed by atoms with Crippen LogP contribution in [-0.2, 0) is 0 Å². The summed E-state index contributed by atoms with van der Waals surface area (Å²) < 4.78 is 0. The zero-order chi connectivity index (χ0) is 12.3. The summed E-state index contributed by atoms with van der Waals surface area (Å²) in [5.41, 5.74) is 0.0518. The number of aromatic nitrogens is 1. The number of pyridine rings is 1. The highest BCUT2D eigenvalue weighted by molar-refractivity contribution is 7.10. The van der Waals surface area contributed by atoms with Crippen molar-refractivity contribution < 1.29 is 9.90 Å². The van der Waals surface area contributed by atoms with Crippen LogP contribution in [-0.4, -0.2) is 16.0 Å². The van der Waals surface area contributed by atoms with Crippen molar-refractivity contribution in [3.05, 3.63) is 46.4 Å². The fourth-order valence-electron chi connectivity index (χ4n) is 1.45. The summed E-state index contributed by atoms with van der Waals surface area (Å²) >= 11 is 1.57. The van der Waals surface area contributed by atoms with Gasteiger partial charge in [-0.05, 0) is 30.5 Å². The van der Waals surface area contributed by atoms with E-state index in [2.05, 4.69) is 10.3 Å². The number of rotatable bonds is 3. The molecule has 0 bridgehead atoms. The lowest BCUT2D eigenvalue weighted by molar-refractivity contribution is 0.0932. The van der Waals surface area contributed by atoms with Crippen molar-refractivity contribution in [1.29, 1.82) is 0 Å². The highest BCUT2D eigenvalue weighted by atomic mass is 32.1. The van der Waals surface area contributed by atoms with E-state index in [0.717, 1.165) is 4.88 Å². The van der Waals surface area contributed by atoms with E-state index in [-0.39, 0.29) is 23.4 Å².